The highest BCUT2D eigenvalue weighted by Gasteiger charge is 2.66. The van der Waals surface area contributed by atoms with Gasteiger partial charge in [-0.1, -0.05) is 59.3 Å². The van der Waals surface area contributed by atoms with Gasteiger partial charge in [0, 0.05) is 16.1 Å². The van der Waals surface area contributed by atoms with Crippen LogP contribution >= 0.6 is 22.9 Å². The van der Waals surface area contributed by atoms with Gasteiger partial charge in [-0.25, -0.2) is 14.2 Å². The number of carbonyl (C=O) groups is 3. The highest BCUT2D eigenvalue weighted by molar-refractivity contribution is 7.17. The summed E-state index contributed by atoms with van der Waals surface area (Å²) in [5.41, 5.74) is -1.64. The number of halogens is 2. The van der Waals surface area contributed by atoms with Crippen LogP contribution in [0.1, 0.15) is 49.5 Å². The number of hydrogen-bond acceptors (Lipinski definition) is 8. The third-order valence-electron chi connectivity index (χ3n) is 7.81. The molecular weight excluding hydrogens is 609 g/mol. The number of aromatic nitrogens is 1. The number of ether oxygens (including phenoxy) is 1. The number of benzene rings is 3. The smallest absolute Gasteiger partial charge is 0.350 e. The molecule has 1 unspecified atom stereocenters. The first kappa shape index (κ1) is 27.9. The second kappa shape index (κ2) is 10.1. The Hall–Kier alpha value is -4.87. The van der Waals surface area contributed by atoms with E-state index in [1.807, 2.05) is 0 Å². The molecule has 0 saturated heterocycles. The van der Waals surface area contributed by atoms with Crippen LogP contribution in [0.15, 0.2) is 75.9 Å². The molecule has 0 radical (unpaired) electrons. The Balaban J connectivity index is 1.55. The first-order valence-corrected chi connectivity index (χ1v) is 14.8. The van der Waals surface area contributed by atoms with Crippen molar-refractivity contribution in [3.63, 3.8) is 0 Å². The summed E-state index contributed by atoms with van der Waals surface area (Å²) in [6.45, 7) is 3.18. The van der Waals surface area contributed by atoms with Gasteiger partial charge in [0.1, 0.15) is 16.3 Å². The zero-order valence-corrected chi connectivity index (χ0v) is 24.8. The van der Waals surface area contributed by atoms with E-state index in [-0.39, 0.29) is 61.7 Å². The summed E-state index contributed by atoms with van der Waals surface area (Å²) >= 11 is 7.10. The Labute approximate surface area is 258 Å². The van der Waals surface area contributed by atoms with E-state index in [0.717, 1.165) is 16.2 Å². The molecule has 2 aliphatic rings. The van der Waals surface area contributed by atoms with Crippen molar-refractivity contribution >= 4 is 62.5 Å². The maximum Gasteiger partial charge on any atom is 0.350 e. The number of carbonyl (C=O) groups excluding carboxylic acids is 3. The fourth-order valence-corrected chi connectivity index (χ4v) is 7.14. The lowest BCUT2D eigenvalue weighted by Gasteiger charge is -2.32. The van der Waals surface area contributed by atoms with Crippen molar-refractivity contribution in [2.75, 3.05) is 16.4 Å². The number of anilines is 2. The molecule has 2 aromatic heterocycles. The van der Waals surface area contributed by atoms with Crippen molar-refractivity contribution in [3.8, 4) is 0 Å². The van der Waals surface area contributed by atoms with Crippen LogP contribution in [0.25, 0.3) is 11.0 Å². The topological polar surface area (TPSA) is 110 Å². The molecule has 2 amide bonds. The Morgan fingerprint density at radius 2 is 1.84 bits per heavy atom. The first-order valence-electron chi connectivity index (χ1n) is 13.6. The Kier molecular flexibility index (Phi) is 6.41. The summed E-state index contributed by atoms with van der Waals surface area (Å²) in [6.07, 6.45) is 0. The third kappa shape index (κ3) is 3.79. The van der Waals surface area contributed by atoms with E-state index in [1.165, 1.54) is 29.2 Å². The van der Waals surface area contributed by atoms with Gasteiger partial charge >= 0.3 is 5.97 Å². The number of para-hydroxylation sites is 1. The third-order valence-corrected chi connectivity index (χ3v) is 9.17. The predicted octanol–water partition coefficient (Wildman–Crippen LogP) is 5.98. The fourth-order valence-electron chi connectivity index (χ4n) is 5.95. The van der Waals surface area contributed by atoms with Gasteiger partial charge in [0.15, 0.2) is 16.1 Å². The summed E-state index contributed by atoms with van der Waals surface area (Å²) in [5.74, 6) is -2.98. The lowest BCUT2D eigenvalue weighted by molar-refractivity contribution is -0.121. The molecule has 2 aliphatic heterocycles. The molecule has 5 aromatic rings. The van der Waals surface area contributed by atoms with Crippen molar-refractivity contribution in [3.05, 3.63) is 121 Å². The van der Waals surface area contributed by atoms with E-state index >= 15 is 0 Å². The molecule has 1 spiro atoms. The predicted molar refractivity (Wildman–Crippen MR) is 162 cm³/mol. The summed E-state index contributed by atoms with van der Waals surface area (Å²) in [6, 6.07) is 17.1. The number of thiazole rings is 1. The Morgan fingerprint density at radius 3 is 2.61 bits per heavy atom. The van der Waals surface area contributed by atoms with Crippen LogP contribution in [0.3, 0.4) is 0 Å². The fraction of sp³-hybridized carbons (Fsp3) is 0.156. The van der Waals surface area contributed by atoms with Crippen molar-refractivity contribution < 1.29 is 27.9 Å². The van der Waals surface area contributed by atoms with E-state index in [1.54, 1.807) is 56.3 Å². The average Bonchev–Trinajstić information content (AvgIpc) is 3.59. The quantitative estimate of drug-likeness (QED) is 0.220. The molecule has 12 heteroatoms. The second-order valence-corrected chi connectivity index (χ2v) is 11.7. The lowest BCUT2D eigenvalue weighted by atomic mass is 9.84. The van der Waals surface area contributed by atoms with E-state index in [9.17, 15) is 23.6 Å². The van der Waals surface area contributed by atoms with Crippen LogP contribution in [0, 0.1) is 12.7 Å². The highest BCUT2D eigenvalue weighted by atomic mass is 35.5. The average molecular weight is 630 g/mol. The van der Waals surface area contributed by atoms with Crippen molar-refractivity contribution in [2.24, 2.45) is 0 Å². The monoisotopic (exact) mass is 629 g/mol. The van der Waals surface area contributed by atoms with Crippen molar-refractivity contribution in [1.82, 2.24) is 4.98 Å². The molecule has 0 fully saturated rings. The van der Waals surface area contributed by atoms with Crippen LogP contribution in [0.5, 0.6) is 0 Å². The summed E-state index contributed by atoms with van der Waals surface area (Å²) < 4.78 is 26.1. The minimum atomic E-state index is -2.08. The number of amides is 2. The van der Waals surface area contributed by atoms with Crippen molar-refractivity contribution in [2.45, 2.75) is 25.9 Å². The maximum absolute atomic E-state index is 15.0. The molecule has 4 heterocycles. The van der Waals surface area contributed by atoms with Gasteiger partial charge in [-0.15, -0.1) is 0 Å². The van der Waals surface area contributed by atoms with Crippen LogP contribution < -0.4 is 15.2 Å². The molecule has 0 aliphatic carbocycles. The number of esters is 1. The highest BCUT2D eigenvalue weighted by Crippen LogP contribution is 2.55. The van der Waals surface area contributed by atoms with E-state index in [0.29, 0.717) is 11.3 Å². The molecule has 220 valence electrons. The van der Waals surface area contributed by atoms with Gasteiger partial charge in [0.25, 0.3) is 11.8 Å². The first-order chi connectivity index (χ1) is 21.2. The van der Waals surface area contributed by atoms with Crippen LogP contribution in [-0.2, 0) is 21.6 Å². The summed E-state index contributed by atoms with van der Waals surface area (Å²) in [7, 11) is 0. The molecule has 7 rings (SSSR count). The normalized spacial score (nSPS) is 17.1. The summed E-state index contributed by atoms with van der Waals surface area (Å²) in [4.78, 5) is 63.6. The largest absolute Gasteiger partial charge is 0.462 e. The molecular formula is C32H21ClFN3O6S. The zero-order valence-electron chi connectivity index (χ0n) is 23.2. The van der Waals surface area contributed by atoms with E-state index in [4.69, 9.17) is 20.8 Å². The molecule has 44 heavy (non-hydrogen) atoms. The van der Waals surface area contributed by atoms with E-state index in [2.05, 4.69) is 4.98 Å². The standard InChI is InChI=1S/C32H21ClFN3O6S/c1-3-42-29(40)27-16(2)35-31(44-27)37-28(39)26-24(25(38)19-14-18(33)12-13-23(19)43-26)32(37)20-9-5-7-11-22(20)36(30(32)41)15-17-8-4-6-10-21(17)34/h4-14H,3,15H2,1-2H3. The molecule has 0 bridgehead atoms. The van der Waals surface area contributed by atoms with Gasteiger partial charge in [0.05, 0.1) is 35.5 Å². The van der Waals surface area contributed by atoms with Crippen LogP contribution in [0.4, 0.5) is 15.2 Å². The van der Waals surface area contributed by atoms with Gasteiger partial charge in [-0.2, -0.15) is 0 Å². The second-order valence-electron chi connectivity index (χ2n) is 10.3. The van der Waals surface area contributed by atoms with Crippen molar-refractivity contribution in [1.29, 1.82) is 0 Å². The molecule has 1 atom stereocenters. The van der Waals surface area contributed by atoms with Crippen LogP contribution in [0.2, 0.25) is 5.02 Å². The zero-order chi connectivity index (χ0) is 30.9. The van der Waals surface area contributed by atoms with Gasteiger partial charge < -0.3 is 14.1 Å². The SMILES string of the molecule is CCOC(=O)c1sc(N2C(=O)c3oc4ccc(Cl)cc4c(=O)c3C23C(=O)N(Cc2ccccc2F)c2ccccc23)nc1C. The number of fused-ring (bicyclic) bond motifs is 5. The number of nitrogens with zero attached hydrogens (tertiary/aromatic N) is 3. The maximum atomic E-state index is 15.0. The van der Waals surface area contributed by atoms with Crippen LogP contribution in [-0.4, -0.2) is 29.4 Å². The molecule has 0 saturated carbocycles. The minimum absolute atomic E-state index is 0.0145. The number of rotatable bonds is 5. The van der Waals surface area contributed by atoms with Gasteiger partial charge in [-0.3, -0.25) is 19.3 Å². The molecule has 3 aromatic carbocycles. The summed E-state index contributed by atoms with van der Waals surface area (Å²) in [5, 5.41) is 0.318. The van der Waals surface area contributed by atoms with Gasteiger partial charge in [-0.05, 0) is 44.2 Å². The minimum Gasteiger partial charge on any atom is -0.462 e. The Morgan fingerprint density at radius 1 is 1.09 bits per heavy atom. The molecule has 9 nitrogen and oxygen atoms in total. The van der Waals surface area contributed by atoms with E-state index < -0.39 is 34.6 Å². The molecule has 0 N–H and O–H groups in total. The Bertz CT molecular complexity index is 2130. The lowest BCUT2D eigenvalue weighted by Crippen LogP contribution is -2.53. The number of hydrogen-bond donors (Lipinski definition) is 0. The van der Waals surface area contributed by atoms with Gasteiger partial charge in [0.2, 0.25) is 5.76 Å². The number of aryl methyl sites for hydroxylation is 1.